The van der Waals surface area contributed by atoms with E-state index in [2.05, 4.69) is 5.32 Å². The van der Waals surface area contributed by atoms with Gasteiger partial charge < -0.3 is 10.4 Å². The summed E-state index contributed by atoms with van der Waals surface area (Å²) in [6.45, 7) is 0. The van der Waals surface area contributed by atoms with Gasteiger partial charge in [0, 0.05) is 6.04 Å². The second kappa shape index (κ2) is 2.47. The Labute approximate surface area is 77.5 Å². The molecule has 3 nitrogen and oxygen atoms in total. The Bertz CT molecular complexity index is 235. The van der Waals surface area contributed by atoms with Crippen LogP contribution >= 0.6 is 0 Å². The zero-order valence-corrected chi connectivity index (χ0v) is 7.57. The lowest BCUT2D eigenvalue weighted by Gasteiger charge is -2.23. The largest absolute Gasteiger partial charge is 0.480 e. The van der Waals surface area contributed by atoms with Crippen LogP contribution in [0.3, 0.4) is 0 Å². The molecule has 5 atom stereocenters. The minimum atomic E-state index is -0.659. The molecule has 0 aromatic rings. The summed E-state index contributed by atoms with van der Waals surface area (Å²) in [4.78, 5) is 10.8. The Morgan fingerprint density at radius 2 is 2.00 bits per heavy atom. The topological polar surface area (TPSA) is 49.3 Å². The third kappa shape index (κ3) is 0.966. The Morgan fingerprint density at radius 1 is 1.23 bits per heavy atom. The van der Waals surface area contributed by atoms with Gasteiger partial charge in [-0.15, -0.1) is 0 Å². The van der Waals surface area contributed by atoms with Crippen LogP contribution in [0.1, 0.15) is 25.7 Å². The molecule has 13 heavy (non-hydrogen) atoms. The zero-order chi connectivity index (χ0) is 9.00. The summed E-state index contributed by atoms with van der Waals surface area (Å²) >= 11 is 0. The second-order valence-corrected chi connectivity index (χ2v) is 4.82. The quantitative estimate of drug-likeness (QED) is 0.630. The highest BCUT2D eigenvalue weighted by molar-refractivity contribution is 5.74. The number of carbonyl (C=O) groups is 1. The lowest BCUT2D eigenvalue weighted by atomic mass is 9.85. The van der Waals surface area contributed by atoms with Crippen LogP contribution in [0.15, 0.2) is 0 Å². The fourth-order valence-electron chi connectivity index (χ4n) is 3.75. The fourth-order valence-corrected chi connectivity index (χ4v) is 3.75. The Kier molecular flexibility index (Phi) is 1.48. The van der Waals surface area contributed by atoms with E-state index < -0.39 is 5.97 Å². The van der Waals surface area contributed by atoms with Gasteiger partial charge in [-0.1, -0.05) is 0 Å². The van der Waals surface area contributed by atoms with Crippen molar-refractivity contribution in [3.8, 4) is 0 Å². The van der Waals surface area contributed by atoms with Crippen LogP contribution < -0.4 is 5.32 Å². The van der Waals surface area contributed by atoms with Crippen molar-refractivity contribution in [1.29, 1.82) is 0 Å². The third-order valence-electron chi connectivity index (χ3n) is 4.29. The van der Waals surface area contributed by atoms with Crippen LogP contribution in [0, 0.1) is 17.8 Å². The maximum Gasteiger partial charge on any atom is 0.320 e. The highest BCUT2D eigenvalue weighted by Crippen LogP contribution is 2.52. The van der Waals surface area contributed by atoms with Gasteiger partial charge in [-0.2, -0.15) is 0 Å². The van der Waals surface area contributed by atoms with E-state index in [1.165, 1.54) is 19.3 Å². The Morgan fingerprint density at radius 3 is 2.69 bits per heavy atom. The molecular formula is C10H15NO2. The lowest BCUT2D eigenvalue weighted by Crippen LogP contribution is -2.39. The van der Waals surface area contributed by atoms with Crippen molar-refractivity contribution in [3.63, 3.8) is 0 Å². The maximum atomic E-state index is 10.8. The van der Waals surface area contributed by atoms with Crippen molar-refractivity contribution in [1.82, 2.24) is 5.32 Å². The van der Waals surface area contributed by atoms with Crippen molar-refractivity contribution in [2.24, 2.45) is 17.8 Å². The molecule has 0 unspecified atom stereocenters. The first kappa shape index (κ1) is 7.80. The molecule has 3 heteroatoms. The van der Waals surface area contributed by atoms with Gasteiger partial charge in [0.1, 0.15) is 6.04 Å². The van der Waals surface area contributed by atoms with E-state index in [0.717, 1.165) is 18.3 Å². The van der Waals surface area contributed by atoms with Crippen LogP contribution in [0.2, 0.25) is 0 Å². The van der Waals surface area contributed by atoms with Crippen molar-refractivity contribution >= 4 is 5.97 Å². The SMILES string of the molecule is O=C(O)[C@@H]1C[C@@H]2[C@@H]3CC[C@@H](C3)[C@@H]2N1. The first-order valence-electron chi connectivity index (χ1n) is 5.24. The summed E-state index contributed by atoms with van der Waals surface area (Å²) in [6.07, 6.45) is 4.90. The van der Waals surface area contributed by atoms with E-state index in [1.807, 2.05) is 0 Å². The molecule has 3 aliphatic rings. The minimum absolute atomic E-state index is 0.251. The normalized spacial score (nSPS) is 52.5. The molecule has 1 aliphatic heterocycles. The molecule has 2 bridgehead atoms. The van der Waals surface area contributed by atoms with Gasteiger partial charge in [0.05, 0.1) is 0 Å². The summed E-state index contributed by atoms with van der Waals surface area (Å²) in [5.41, 5.74) is 0. The van der Waals surface area contributed by atoms with Gasteiger partial charge in [0.2, 0.25) is 0 Å². The summed E-state index contributed by atoms with van der Waals surface area (Å²) in [5.74, 6) is 1.65. The Balaban J connectivity index is 1.79. The van der Waals surface area contributed by atoms with Crippen molar-refractivity contribution in [2.75, 3.05) is 0 Å². The number of rotatable bonds is 1. The third-order valence-corrected chi connectivity index (χ3v) is 4.29. The number of fused-ring (bicyclic) bond motifs is 5. The average molecular weight is 181 g/mol. The summed E-state index contributed by atoms with van der Waals surface area (Å²) in [5, 5.41) is 12.2. The predicted molar refractivity (Wildman–Crippen MR) is 47.3 cm³/mol. The second-order valence-electron chi connectivity index (χ2n) is 4.82. The molecule has 3 rings (SSSR count). The molecule has 1 saturated heterocycles. The van der Waals surface area contributed by atoms with Gasteiger partial charge in [0.25, 0.3) is 0 Å². The highest BCUT2D eigenvalue weighted by atomic mass is 16.4. The minimum Gasteiger partial charge on any atom is -0.480 e. The van der Waals surface area contributed by atoms with E-state index >= 15 is 0 Å². The number of hydrogen-bond acceptors (Lipinski definition) is 2. The maximum absolute atomic E-state index is 10.8. The van der Waals surface area contributed by atoms with Gasteiger partial charge in [0.15, 0.2) is 0 Å². The number of carboxylic acids is 1. The first-order valence-corrected chi connectivity index (χ1v) is 5.24. The number of aliphatic carboxylic acids is 1. The Hall–Kier alpha value is -0.570. The van der Waals surface area contributed by atoms with E-state index in [1.54, 1.807) is 0 Å². The summed E-state index contributed by atoms with van der Waals surface area (Å²) < 4.78 is 0. The molecule has 0 aromatic heterocycles. The molecule has 2 saturated carbocycles. The van der Waals surface area contributed by atoms with Crippen molar-refractivity contribution in [3.05, 3.63) is 0 Å². The summed E-state index contributed by atoms with van der Waals surface area (Å²) in [6, 6.07) is 0.290. The molecule has 3 fully saturated rings. The van der Waals surface area contributed by atoms with Crippen LogP contribution in [-0.4, -0.2) is 23.2 Å². The standard InChI is InChI=1S/C10H15NO2/c12-10(13)8-4-7-5-1-2-6(3-5)9(7)11-8/h5-9,11H,1-4H2,(H,12,13)/t5-,6+,7-,8+,9+/m1/s1. The smallest absolute Gasteiger partial charge is 0.320 e. The summed E-state index contributed by atoms with van der Waals surface area (Å²) in [7, 11) is 0. The number of nitrogens with one attached hydrogen (secondary N) is 1. The average Bonchev–Trinajstić information content (AvgIpc) is 2.76. The van der Waals surface area contributed by atoms with Crippen LogP contribution in [-0.2, 0) is 4.79 Å². The fraction of sp³-hybridized carbons (Fsp3) is 0.900. The number of carboxylic acid groups (broad SMARTS) is 1. The van der Waals surface area contributed by atoms with Gasteiger partial charge in [-0.3, -0.25) is 4.79 Å². The predicted octanol–water partition coefficient (Wildman–Crippen LogP) is 0.848. The van der Waals surface area contributed by atoms with Crippen LogP contribution in [0.4, 0.5) is 0 Å². The van der Waals surface area contributed by atoms with E-state index in [-0.39, 0.29) is 6.04 Å². The molecule has 72 valence electrons. The molecule has 2 N–H and O–H groups in total. The van der Waals surface area contributed by atoms with Crippen molar-refractivity contribution < 1.29 is 9.90 Å². The van der Waals surface area contributed by atoms with Crippen LogP contribution in [0.25, 0.3) is 0 Å². The highest BCUT2D eigenvalue weighted by Gasteiger charge is 2.53. The van der Waals surface area contributed by atoms with Gasteiger partial charge in [-0.25, -0.2) is 0 Å². The zero-order valence-electron chi connectivity index (χ0n) is 7.57. The molecule has 2 aliphatic carbocycles. The molecule has 0 amide bonds. The van der Waals surface area contributed by atoms with E-state index in [4.69, 9.17) is 5.11 Å². The monoisotopic (exact) mass is 181 g/mol. The van der Waals surface area contributed by atoms with E-state index in [9.17, 15) is 4.79 Å². The molecule has 1 heterocycles. The molecule has 0 spiro atoms. The van der Waals surface area contributed by atoms with Crippen LogP contribution in [0.5, 0.6) is 0 Å². The molecule has 0 radical (unpaired) electrons. The molecular weight excluding hydrogens is 166 g/mol. The van der Waals surface area contributed by atoms with E-state index in [0.29, 0.717) is 12.0 Å². The molecule has 0 aromatic carbocycles. The van der Waals surface area contributed by atoms with Gasteiger partial charge >= 0.3 is 5.97 Å². The first-order chi connectivity index (χ1) is 6.25. The van der Waals surface area contributed by atoms with Crippen molar-refractivity contribution in [2.45, 2.75) is 37.8 Å². The number of hydrogen-bond donors (Lipinski definition) is 2. The van der Waals surface area contributed by atoms with Gasteiger partial charge in [-0.05, 0) is 43.4 Å². The lowest BCUT2D eigenvalue weighted by molar-refractivity contribution is -0.139.